The zero-order valence-corrected chi connectivity index (χ0v) is 7.88. The van der Waals surface area contributed by atoms with Crippen LogP contribution in [0.2, 0.25) is 0 Å². The minimum absolute atomic E-state index is 0.193. The van der Waals surface area contributed by atoms with E-state index in [0.29, 0.717) is 0 Å². The third-order valence-corrected chi connectivity index (χ3v) is 3.21. The molecular formula is C8H10N2O2S. The van der Waals surface area contributed by atoms with Gasteiger partial charge in [-0.15, -0.1) is 5.10 Å². The van der Waals surface area contributed by atoms with Gasteiger partial charge < -0.3 is 5.11 Å². The maximum atomic E-state index is 10.7. The van der Waals surface area contributed by atoms with E-state index >= 15 is 0 Å². The van der Waals surface area contributed by atoms with Crippen molar-refractivity contribution in [2.75, 3.05) is 0 Å². The maximum absolute atomic E-state index is 10.7. The van der Waals surface area contributed by atoms with Crippen LogP contribution in [0.4, 0.5) is 0 Å². The molecule has 0 atom stereocenters. The molecule has 1 aromatic heterocycles. The molecule has 0 saturated heterocycles. The zero-order chi connectivity index (χ0) is 9.31. The summed E-state index contributed by atoms with van der Waals surface area (Å²) >= 11 is 1.29. The van der Waals surface area contributed by atoms with Crippen LogP contribution in [-0.2, 0) is 10.2 Å². The van der Waals surface area contributed by atoms with Gasteiger partial charge in [0, 0.05) is 10.8 Å². The topological polar surface area (TPSA) is 63.1 Å². The lowest BCUT2D eigenvalue weighted by molar-refractivity contribution is -0.139. The molecule has 5 heteroatoms. The highest BCUT2D eigenvalue weighted by Crippen LogP contribution is 2.45. The third-order valence-electron chi connectivity index (χ3n) is 2.70. The van der Waals surface area contributed by atoms with Crippen molar-refractivity contribution in [2.24, 2.45) is 0 Å². The molecule has 1 heterocycles. The van der Waals surface area contributed by atoms with Crippen LogP contribution in [-0.4, -0.2) is 20.7 Å². The standard InChI is InChI=1S/C8H10N2O2S/c11-7(12)4-8(2-1-3-8)6-5-13-10-9-6/h5H,1-4H2,(H,11,12). The highest BCUT2D eigenvalue weighted by Gasteiger charge is 2.42. The molecule has 1 N–H and O–H groups in total. The number of aromatic nitrogens is 2. The fourth-order valence-electron chi connectivity index (χ4n) is 1.81. The van der Waals surface area contributed by atoms with Crippen molar-refractivity contribution in [3.63, 3.8) is 0 Å². The monoisotopic (exact) mass is 198 g/mol. The van der Waals surface area contributed by atoms with Gasteiger partial charge in [-0.3, -0.25) is 4.79 Å². The molecule has 0 aromatic carbocycles. The van der Waals surface area contributed by atoms with Crippen molar-refractivity contribution >= 4 is 17.5 Å². The van der Waals surface area contributed by atoms with E-state index in [1.165, 1.54) is 11.5 Å². The minimum Gasteiger partial charge on any atom is -0.481 e. The lowest BCUT2D eigenvalue weighted by atomic mass is 9.65. The Kier molecular flexibility index (Phi) is 2.03. The van der Waals surface area contributed by atoms with Gasteiger partial charge in [-0.2, -0.15) is 0 Å². The number of nitrogens with zero attached hydrogens (tertiary/aromatic N) is 2. The number of carboxylic acid groups (broad SMARTS) is 1. The molecule has 0 aliphatic heterocycles. The number of rotatable bonds is 3. The molecule has 0 amide bonds. The molecule has 0 unspecified atom stereocenters. The molecule has 1 fully saturated rings. The predicted molar refractivity (Wildman–Crippen MR) is 47.7 cm³/mol. The van der Waals surface area contributed by atoms with Gasteiger partial charge in [0.25, 0.3) is 0 Å². The molecule has 13 heavy (non-hydrogen) atoms. The Morgan fingerprint density at radius 1 is 1.69 bits per heavy atom. The lowest BCUT2D eigenvalue weighted by Gasteiger charge is -2.38. The van der Waals surface area contributed by atoms with E-state index in [9.17, 15) is 4.79 Å². The average Bonchev–Trinajstić information content (AvgIpc) is 2.48. The molecule has 1 aliphatic rings. The first-order valence-corrected chi connectivity index (χ1v) is 5.06. The first-order valence-electron chi connectivity index (χ1n) is 4.22. The van der Waals surface area contributed by atoms with Crippen LogP contribution >= 0.6 is 11.5 Å². The quantitative estimate of drug-likeness (QED) is 0.798. The second-order valence-corrected chi connectivity index (χ2v) is 4.10. The fraction of sp³-hybridized carbons (Fsp3) is 0.625. The largest absolute Gasteiger partial charge is 0.481 e. The molecule has 2 rings (SSSR count). The number of hydrogen-bond acceptors (Lipinski definition) is 4. The summed E-state index contributed by atoms with van der Waals surface area (Å²) < 4.78 is 3.78. The second kappa shape index (κ2) is 3.06. The molecule has 70 valence electrons. The summed E-state index contributed by atoms with van der Waals surface area (Å²) in [6, 6.07) is 0. The van der Waals surface area contributed by atoms with E-state index in [0.717, 1.165) is 25.0 Å². The summed E-state index contributed by atoms with van der Waals surface area (Å²) in [7, 11) is 0. The van der Waals surface area contributed by atoms with Crippen LogP contribution < -0.4 is 0 Å². The molecule has 0 radical (unpaired) electrons. The molecule has 1 aromatic rings. The molecular weight excluding hydrogens is 188 g/mol. The Bertz CT molecular complexity index is 306. The number of hydrogen-bond donors (Lipinski definition) is 1. The molecule has 1 aliphatic carbocycles. The van der Waals surface area contributed by atoms with E-state index in [1.54, 1.807) is 0 Å². The van der Waals surface area contributed by atoms with E-state index in [1.807, 2.05) is 5.38 Å². The van der Waals surface area contributed by atoms with E-state index in [4.69, 9.17) is 5.11 Å². The SMILES string of the molecule is O=C(O)CC1(c2csnn2)CCC1. The highest BCUT2D eigenvalue weighted by atomic mass is 32.1. The van der Waals surface area contributed by atoms with E-state index < -0.39 is 5.97 Å². The van der Waals surface area contributed by atoms with E-state index in [-0.39, 0.29) is 11.8 Å². The van der Waals surface area contributed by atoms with Gasteiger partial charge in [0.2, 0.25) is 0 Å². The number of carbonyl (C=O) groups is 1. The van der Waals surface area contributed by atoms with Crippen LogP contribution in [0.25, 0.3) is 0 Å². The van der Waals surface area contributed by atoms with E-state index in [2.05, 4.69) is 9.59 Å². The Morgan fingerprint density at radius 3 is 2.85 bits per heavy atom. The Balaban J connectivity index is 2.20. The van der Waals surface area contributed by atoms with Crippen molar-refractivity contribution in [2.45, 2.75) is 31.1 Å². The number of aliphatic carboxylic acids is 1. The highest BCUT2D eigenvalue weighted by molar-refractivity contribution is 7.03. The average molecular weight is 198 g/mol. The smallest absolute Gasteiger partial charge is 0.304 e. The summed E-state index contributed by atoms with van der Waals surface area (Å²) in [4.78, 5) is 10.7. The summed E-state index contributed by atoms with van der Waals surface area (Å²) in [6.07, 6.45) is 3.17. The molecule has 4 nitrogen and oxygen atoms in total. The fourth-order valence-corrected chi connectivity index (χ4v) is 2.39. The lowest BCUT2D eigenvalue weighted by Crippen LogP contribution is -2.36. The Morgan fingerprint density at radius 2 is 2.46 bits per heavy atom. The summed E-state index contributed by atoms with van der Waals surface area (Å²) in [6.45, 7) is 0. The maximum Gasteiger partial charge on any atom is 0.304 e. The first-order chi connectivity index (χ1) is 6.23. The molecule has 1 saturated carbocycles. The van der Waals surface area contributed by atoms with Crippen LogP contribution in [0.1, 0.15) is 31.4 Å². The van der Waals surface area contributed by atoms with Crippen molar-refractivity contribution < 1.29 is 9.90 Å². The molecule has 0 bridgehead atoms. The van der Waals surface area contributed by atoms with Crippen LogP contribution in [0.3, 0.4) is 0 Å². The van der Waals surface area contributed by atoms with Gasteiger partial charge in [-0.1, -0.05) is 10.9 Å². The van der Waals surface area contributed by atoms with Gasteiger partial charge in [0.1, 0.15) is 0 Å². The van der Waals surface area contributed by atoms with Crippen molar-refractivity contribution in [3.05, 3.63) is 11.1 Å². The van der Waals surface area contributed by atoms with Gasteiger partial charge in [-0.25, -0.2) is 0 Å². The molecule has 0 spiro atoms. The Hall–Kier alpha value is -0.970. The summed E-state index contributed by atoms with van der Waals surface area (Å²) in [5.41, 5.74) is 0.671. The number of carboxylic acids is 1. The second-order valence-electron chi connectivity index (χ2n) is 3.49. The van der Waals surface area contributed by atoms with Gasteiger partial charge in [0.05, 0.1) is 12.1 Å². The summed E-state index contributed by atoms with van der Waals surface area (Å²) in [5.74, 6) is -0.743. The van der Waals surface area contributed by atoms with Crippen LogP contribution in [0.15, 0.2) is 5.38 Å². The van der Waals surface area contributed by atoms with Crippen molar-refractivity contribution in [1.29, 1.82) is 0 Å². The van der Waals surface area contributed by atoms with Gasteiger partial charge in [-0.05, 0) is 24.4 Å². The van der Waals surface area contributed by atoms with Crippen molar-refractivity contribution in [1.82, 2.24) is 9.59 Å². The summed E-state index contributed by atoms with van der Waals surface area (Å²) in [5, 5.41) is 14.6. The predicted octanol–water partition coefficient (Wildman–Crippen LogP) is 1.43. The van der Waals surface area contributed by atoms with Crippen LogP contribution in [0, 0.1) is 0 Å². The minimum atomic E-state index is -0.743. The van der Waals surface area contributed by atoms with Gasteiger partial charge in [0.15, 0.2) is 0 Å². The Labute approximate surface area is 79.8 Å². The first kappa shape index (κ1) is 8.62. The zero-order valence-electron chi connectivity index (χ0n) is 7.06. The third kappa shape index (κ3) is 1.44. The van der Waals surface area contributed by atoms with Gasteiger partial charge >= 0.3 is 5.97 Å². The normalized spacial score (nSPS) is 19.4. The van der Waals surface area contributed by atoms with Crippen molar-refractivity contribution in [3.8, 4) is 0 Å². The van der Waals surface area contributed by atoms with Crippen LogP contribution in [0.5, 0.6) is 0 Å².